The quantitative estimate of drug-likeness (QED) is 0.135. The largest absolute Gasteiger partial charge is 0.302 e. The van der Waals surface area contributed by atoms with Crippen LogP contribution in [0, 0.1) is 0 Å². The minimum absolute atomic E-state index is 0.0590. The first-order valence-corrected chi connectivity index (χ1v) is 23.0. The highest BCUT2D eigenvalue weighted by atomic mass is 32.1. The predicted octanol–water partition coefficient (Wildman–Crippen LogP) is 18.0. The molecule has 0 aliphatic heterocycles. The number of anilines is 6. The van der Waals surface area contributed by atoms with Crippen LogP contribution in [0.25, 0.3) is 65.7 Å². The van der Waals surface area contributed by atoms with E-state index in [4.69, 9.17) is 0 Å². The summed E-state index contributed by atoms with van der Waals surface area (Å²) in [6.07, 6.45) is 3.78. The Morgan fingerprint density at radius 1 is 0.397 bits per heavy atom. The molecule has 8 aromatic carbocycles. The van der Waals surface area contributed by atoms with Crippen molar-refractivity contribution in [2.45, 2.75) is 19.3 Å². The van der Waals surface area contributed by atoms with Gasteiger partial charge in [0, 0.05) is 37.6 Å². The van der Waals surface area contributed by atoms with Crippen LogP contribution in [0.3, 0.4) is 0 Å². The Kier molecular flexibility index (Phi) is 9.57. The van der Waals surface area contributed by atoms with E-state index in [1.165, 1.54) is 74.7 Å². The van der Waals surface area contributed by atoms with Crippen molar-refractivity contribution in [2.75, 3.05) is 9.80 Å². The Hall–Kier alpha value is -7.24. The number of hydrogen-bond donors (Lipinski definition) is 0. The Labute approximate surface area is 377 Å². The molecule has 2 nitrogen and oxygen atoms in total. The van der Waals surface area contributed by atoms with Crippen molar-refractivity contribution in [3.05, 3.63) is 230 Å². The summed E-state index contributed by atoms with van der Waals surface area (Å²) >= 11 is 3.68. The Balaban J connectivity index is 1.00. The molecule has 0 fully saturated rings. The van der Waals surface area contributed by atoms with Crippen LogP contribution in [0.15, 0.2) is 207 Å². The van der Waals surface area contributed by atoms with Gasteiger partial charge in [-0.15, -0.1) is 22.7 Å². The summed E-state index contributed by atoms with van der Waals surface area (Å²) < 4.78 is 2.51. The standard InChI is InChI=1S/C59H44N2S2/c1-5-39-16-20-42(21-17-39)44-24-30-49(31-25-44)61(50-32-33-54-52(38-50)51-14-10-11-15-53(51)59(54,3)4)58-37-46-35-55-45(34-56(46)63-58)36-57(62-55)60(47-26-18-40(6-2)19-27-47)48-28-22-43(23-29-48)41-12-8-7-9-13-41/h5-38H,1-2H2,3-4H3. The number of rotatable bonds is 10. The van der Waals surface area contributed by atoms with Crippen molar-refractivity contribution in [3.63, 3.8) is 0 Å². The molecule has 1 aliphatic rings. The molecular weight excluding hydrogens is 801 g/mol. The SMILES string of the molecule is C=Cc1ccc(-c2ccc(N(c3ccc4c(c3)-c3ccccc3C4(C)C)c3cc4cc5sc(N(c6ccc(C=C)cc6)c6ccc(-c7ccccc7)cc6)cc5cc4s3)cc2)cc1. The third-order valence-corrected chi connectivity index (χ3v) is 14.8. The third-order valence-electron chi connectivity index (χ3n) is 12.6. The maximum absolute atomic E-state index is 3.99. The van der Waals surface area contributed by atoms with Gasteiger partial charge >= 0.3 is 0 Å². The van der Waals surface area contributed by atoms with Crippen molar-refractivity contribution in [1.29, 1.82) is 0 Å². The maximum atomic E-state index is 3.99. The monoisotopic (exact) mass is 844 g/mol. The first-order chi connectivity index (χ1) is 30.8. The minimum Gasteiger partial charge on any atom is -0.302 e. The topological polar surface area (TPSA) is 6.48 Å². The second-order valence-electron chi connectivity index (χ2n) is 16.7. The molecule has 63 heavy (non-hydrogen) atoms. The lowest BCUT2D eigenvalue weighted by Gasteiger charge is -2.26. The van der Waals surface area contributed by atoms with Gasteiger partial charge in [0.25, 0.3) is 0 Å². The summed E-state index contributed by atoms with van der Waals surface area (Å²) in [5.41, 5.74) is 16.8. The molecule has 0 bridgehead atoms. The summed E-state index contributed by atoms with van der Waals surface area (Å²) in [5.74, 6) is 0. The lowest BCUT2D eigenvalue weighted by molar-refractivity contribution is 0.660. The van der Waals surface area contributed by atoms with Crippen molar-refractivity contribution in [1.82, 2.24) is 0 Å². The fraction of sp³-hybridized carbons (Fsp3) is 0.0508. The molecule has 0 unspecified atom stereocenters. The highest BCUT2D eigenvalue weighted by molar-refractivity contribution is 7.24. The predicted molar refractivity (Wildman–Crippen MR) is 275 cm³/mol. The molecule has 0 saturated heterocycles. The zero-order valence-corrected chi connectivity index (χ0v) is 36.9. The van der Waals surface area contributed by atoms with E-state index in [2.05, 4.69) is 231 Å². The number of nitrogens with zero attached hydrogens (tertiary/aromatic N) is 2. The van der Waals surface area contributed by atoms with Crippen LogP contribution in [0.5, 0.6) is 0 Å². The van der Waals surface area contributed by atoms with Gasteiger partial charge in [-0.1, -0.05) is 160 Å². The van der Waals surface area contributed by atoms with E-state index in [-0.39, 0.29) is 5.41 Å². The molecule has 2 heterocycles. The summed E-state index contributed by atoms with van der Waals surface area (Å²) in [5, 5.41) is 4.82. The molecule has 302 valence electrons. The fourth-order valence-electron chi connectivity index (χ4n) is 9.23. The lowest BCUT2D eigenvalue weighted by Crippen LogP contribution is -2.15. The van der Waals surface area contributed by atoms with Crippen LogP contribution < -0.4 is 9.80 Å². The van der Waals surface area contributed by atoms with E-state index >= 15 is 0 Å². The van der Waals surface area contributed by atoms with Gasteiger partial charge in [0.05, 0.1) is 0 Å². The van der Waals surface area contributed by atoms with Crippen molar-refractivity contribution in [3.8, 4) is 33.4 Å². The zero-order valence-electron chi connectivity index (χ0n) is 35.3. The number of hydrogen-bond acceptors (Lipinski definition) is 4. The molecule has 4 heteroatoms. The summed E-state index contributed by atoms with van der Waals surface area (Å²) in [6.45, 7) is 12.6. The molecule has 11 rings (SSSR count). The van der Waals surface area contributed by atoms with E-state index in [9.17, 15) is 0 Å². The van der Waals surface area contributed by atoms with Crippen molar-refractivity contribution >= 4 is 87.7 Å². The first kappa shape index (κ1) is 38.7. The van der Waals surface area contributed by atoms with Gasteiger partial charge in [-0.25, -0.2) is 0 Å². The molecule has 0 spiro atoms. The van der Waals surface area contributed by atoms with E-state index in [1.807, 2.05) is 34.8 Å². The van der Waals surface area contributed by atoms with Crippen LogP contribution in [0.1, 0.15) is 36.1 Å². The molecule has 0 radical (unpaired) electrons. The van der Waals surface area contributed by atoms with Gasteiger partial charge in [-0.2, -0.15) is 0 Å². The number of fused-ring (bicyclic) bond motifs is 5. The average Bonchev–Trinajstić information content (AvgIpc) is 4.00. The van der Waals surface area contributed by atoms with E-state index in [1.54, 1.807) is 0 Å². The fourth-order valence-corrected chi connectivity index (χ4v) is 11.5. The average molecular weight is 845 g/mol. The summed E-state index contributed by atoms with van der Waals surface area (Å²) in [6, 6.07) is 71.2. The van der Waals surface area contributed by atoms with Crippen LogP contribution in [0.2, 0.25) is 0 Å². The van der Waals surface area contributed by atoms with Crippen LogP contribution in [-0.2, 0) is 5.41 Å². The Bertz CT molecular complexity index is 3270. The summed E-state index contributed by atoms with van der Waals surface area (Å²) in [4.78, 5) is 4.81. The third kappa shape index (κ3) is 6.89. The van der Waals surface area contributed by atoms with Crippen molar-refractivity contribution < 1.29 is 0 Å². The van der Waals surface area contributed by atoms with Gasteiger partial charge in [-0.3, -0.25) is 0 Å². The Morgan fingerprint density at radius 2 is 0.810 bits per heavy atom. The van der Waals surface area contributed by atoms with E-state index in [0.29, 0.717) is 0 Å². The lowest BCUT2D eigenvalue weighted by atomic mass is 9.82. The summed E-state index contributed by atoms with van der Waals surface area (Å²) in [7, 11) is 0. The van der Waals surface area contributed by atoms with Crippen LogP contribution >= 0.6 is 22.7 Å². The van der Waals surface area contributed by atoms with E-state index in [0.717, 1.165) is 33.9 Å². The van der Waals surface area contributed by atoms with E-state index < -0.39 is 0 Å². The first-order valence-electron chi connectivity index (χ1n) is 21.4. The molecule has 0 saturated carbocycles. The van der Waals surface area contributed by atoms with Gasteiger partial charge in [0.1, 0.15) is 10.0 Å². The number of thiophene rings is 2. The molecule has 10 aromatic rings. The second kappa shape index (κ2) is 15.6. The maximum Gasteiger partial charge on any atom is 0.101 e. The molecule has 1 aliphatic carbocycles. The molecule has 2 aromatic heterocycles. The molecular formula is C59H44N2S2. The highest BCUT2D eigenvalue weighted by Crippen LogP contribution is 2.52. The van der Waals surface area contributed by atoms with Gasteiger partial charge in [-0.05, 0) is 139 Å². The number of benzene rings is 8. The zero-order chi connectivity index (χ0) is 42.7. The van der Waals surface area contributed by atoms with Crippen LogP contribution in [-0.4, -0.2) is 0 Å². The van der Waals surface area contributed by atoms with Crippen molar-refractivity contribution in [2.24, 2.45) is 0 Å². The normalized spacial score (nSPS) is 12.5. The molecule has 0 amide bonds. The van der Waals surface area contributed by atoms with Gasteiger partial charge in [0.15, 0.2) is 0 Å². The van der Waals surface area contributed by atoms with Gasteiger partial charge < -0.3 is 9.80 Å². The van der Waals surface area contributed by atoms with Gasteiger partial charge in [0.2, 0.25) is 0 Å². The van der Waals surface area contributed by atoms with Crippen LogP contribution in [0.4, 0.5) is 32.8 Å². The second-order valence-corrected chi connectivity index (χ2v) is 18.9. The molecule has 0 atom stereocenters. The molecule has 0 N–H and O–H groups in total. The minimum atomic E-state index is -0.0590. The highest BCUT2D eigenvalue weighted by Gasteiger charge is 2.35. The smallest absolute Gasteiger partial charge is 0.101 e. The Morgan fingerprint density at radius 3 is 1.35 bits per heavy atom.